The van der Waals surface area contributed by atoms with E-state index in [0.717, 1.165) is 5.56 Å². The third kappa shape index (κ3) is 4.74. The molecule has 0 fully saturated rings. The van der Waals surface area contributed by atoms with E-state index in [0.29, 0.717) is 36.5 Å². The first-order valence-corrected chi connectivity index (χ1v) is 5.68. The molecular weight excluding hydrogens is 235 g/mol. The maximum Gasteiger partial charge on any atom is 0.138 e. The van der Waals surface area contributed by atoms with Gasteiger partial charge in [0.15, 0.2) is 0 Å². The van der Waals surface area contributed by atoms with Gasteiger partial charge < -0.3 is 9.47 Å². The molecule has 0 aliphatic rings. The summed E-state index contributed by atoms with van der Waals surface area (Å²) in [4.78, 5) is 0. The van der Waals surface area contributed by atoms with Crippen molar-refractivity contribution in [2.45, 2.75) is 6.92 Å². The van der Waals surface area contributed by atoms with Crippen molar-refractivity contribution in [1.82, 2.24) is 0 Å². The molecule has 2 nitrogen and oxygen atoms in total. The van der Waals surface area contributed by atoms with E-state index in [1.165, 1.54) is 0 Å². The van der Waals surface area contributed by atoms with Gasteiger partial charge in [0, 0.05) is 5.88 Å². The molecule has 0 bridgehead atoms. The molecule has 0 aromatic heterocycles. The summed E-state index contributed by atoms with van der Waals surface area (Å²) in [6.45, 7) is 3.54. The summed E-state index contributed by atoms with van der Waals surface area (Å²) in [6, 6.07) is 5.69. The van der Waals surface area contributed by atoms with Crippen LogP contribution in [0.25, 0.3) is 0 Å². The van der Waals surface area contributed by atoms with E-state index in [1.54, 1.807) is 0 Å². The number of rotatable bonds is 6. The zero-order valence-corrected chi connectivity index (χ0v) is 10.1. The lowest BCUT2D eigenvalue weighted by Crippen LogP contribution is -2.08. The predicted molar refractivity (Wildman–Crippen MR) is 63.2 cm³/mol. The van der Waals surface area contributed by atoms with E-state index in [2.05, 4.69) is 0 Å². The van der Waals surface area contributed by atoms with E-state index in [-0.39, 0.29) is 0 Å². The second-order valence-electron chi connectivity index (χ2n) is 3.08. The van der Waals surface area contributed by atoms with Crippen LogP contribution in [0.4, 0.5) is 0 Å². The molecule has 0 radical (unpaired) electrons. The van der Waals surface area contributed by atoms with Gasteiger partial charge in [-0.15, -0.1) is 11.6 Å². The fraction of sp³-hybridized carbons (Fsp3) is 0.455. The van der Waals surface area contributed by atoms with Crippen LogP contribution in [0.15, 0.2) is 18.2 Å². The average molecular weight is 249 g/mol. The van der Waals surface area contributed by atoms with Crippen LogP contribution in [0.1, 0.15) is 5.56 Å². The summed E-state index contributed by atoms with van der Waals surface area (Å²) in [5, 5.41) is 0.632. The van der Waals surface area contributed by atoms with Crippen LogP contribution >= 0.6 is 23.2 Å². The highest BCUT2D eigenvalue weighted by Gasteiger charge is 2.00. The van der Waals surface area contributed by atoms with E-state index < -0.39 is 0 Å². The van der Waals surface area contributed by atoms with E-state index >= 15 is 0 Å². The monoisotopic (exact) mass is 248 g/mol. The number of ether oxygens (including phenoxy) is 2. The topological polar surface area (TPSA) is 18.5 Å². The van der Waals surface area contributed by atoms with Crippen LogP contribution in [-0.4, -0.2) is 25.7 Å². The van der Waals surface area contributed by atoms with Gasteiger partial charge in [0.05, 0.1) is 18.2 Å². The molecule has 0 aliphatic carbocycles. The Balaban J connectivity index is 2.31. The van der Waals surface area contributed by atoms with Crippen molar-refractivity contribution in [2.24, 2.45) is 0 Å². The van der Waals surface area contributed by atoms with Gasteiger partial charge in [-0.1, -0.05) is 17.7 Å². The lowest BCUT2D eigenvalue weighted by Gasteiger charge is -2.08. The Morgan fingerprint density at radius 1 is 1.20 bits per heavy atom. The maximum absolute atomic E-state index is 5.98. The fourth-order valence-corrected chi connectivity index (χ4v) is 1.49. The van der Waals surface area contributed by atoms with Crippen LogP contribution in [0.3, 0.4) is 0 Å². The molecule has 0 atom stereocenters. The first-order valence-electron chi connectivity index (χ1n) is 4.76. The minimum Gasteiger partial charge on any atom is -0.490 e. The number of hydrogen-bond donors (Lipinski definition) is 0. The van der Waals surface area contributed by atoms with Crippen LogP contribution in [0.5, 0.6) is 5.75 Å². The predicted octanol–water partition coefficient (Wildman–Crippen LogP) is 3.28. The lowest BCUT2D eigenvalue weighted by atomic mass is 10.2. The summed E-state index contributed by atoms with van der Waals surface area (Å²) in [5.74, 6) is 1.20. The van der Waals surface area contributed by atoms with Gasteiger partial charge >= 0.3 is 0 Å². The largest absolute Gasteiger partial charge is 0.490 e. The average Bonchev–Trinajstić information content (AvgIpc) is 2.20. The summed E-state index contributed by atoms with van der Waals surface area (Å²) < 4.78 is 10.6. The van der Waals surface area contributed by atoms with E-state index in [9.17, 15) is 0 Å². The van der Waals surface area contributed by atoms with Gasteiger partial charge in [-0.2, -0.15) is 0 Å². The highest BCUT2D eigenvalue weighted by Crippen LogP contribution is 2.24. The molecule has 4 heteroatoms. The molecule has 15 heavy (non-hydrogen) atoms. The molecular formula is C11H14Cl2O2. The molecule has 0 N–H and O–H groups in total. The number of alkyl halides is 1. The van der Waals surface area contributed by atoms with Gasteiger partial charge in [-0.05, 0) is 24.6 Å². The Morgan fingerprint density at radius 2 is 2.00 bits per heavy atom. The molecule has 0 spiro atoms. The van der Waals surface area contributed by atoms with Crippen molar-refractivity contribution in [3.05, 3.63) is 28.8 Å². The summed E-state index contributed by atoms with van der Waals surface area (Å²) in [6.07, 6.45) is 0. The SMILES string of the molecule is Cc1ccc(OCCOCCCl)c(Cl)c1. The molecule has 0 amide bonds. The van der Waals surface area contributed by atoms with Crippen LogP contribution in [-0.2, 0) is 4.74 Å². The van der Waals surface area contributed by atoms with Crippen molar-refractivity contribution in [3.8, 4) is 5.75 Å². The highest BCUT2D eigenvalue weighted by molar-refractivity contribution is 6.32. The standard InChI is InChI=1S/C11H14Cl2O2/c1-9-2-3-11(10(13)8-9)15-7-6-14-5-4-12/h2-3,8H,4-7H2,1H3. The summed E-state index contributed by atoms with van der Waals surface area (Å²) >= 11 is 11.4. The highest BCUT2D eigenvalue weighted by atomic mass is 35.5. The van der Waals surface area contributed by atoms with Gasteiger partial charge in [-0.3, -0.25) is 0 Å². The van der Waals surface area contributed by atoms with Crippen molar-refractivity contribution in [3.63, 3.8) is 0 Å². The molecule has 1 aromatic rings. The molecule has 0 heterocycles. The Morgan fingerprint density at radius 3 is 2.67 bits per heavy atom. The zero-order valence-electron chi connectivity index (χ0n) is 8.63. The van der Waals surface area contributed by atoms with Gasteiger partial charge in [0.25, 0.3) is 0 Å². The molecule has 1 rings (SSSR count). The number of halogens is 2. The second kappa shape index (κ2) is 6.94. The Kier molecular flexibility index (Phi) is 5.84. The van der Waals surface area contributed by atoms with Crippen LogP contribution in [0.2, 0.25) is 5.02 Å². The first kappa shape index (κ1) is 12.6. The van der Waals surface area contributed by atoms with Crippen molar-refractivity contribution >= 4 is 23.2 Å². The molecule has 1 aromatic carbocycles. The quantitative estimate of drug-likeness (QED) is 0.569. The van der Waals surface area contributed by atoms with Crippen LogP contribution < -0.4 is 4.74 Å². The third-order valence-corrected chi connectivity index (χ3v) is 2.24. The zero-order chi connectivity index (χ0) is 11.1. The Bertz CT molecular complexity index is 303. The number of benzene rings is 1. The summed E-state index contributed by atoms with van der Waals surface area (Å²) in [5.41, 5.74) is 1.12. The fourth-order valence-electron chi connectivity index (χ4n) is 1.09. The number of hydrogen-bond acceptors (Lipinski definition) is 2. The Hall–Kier alpha value is -0.440. The second-order valence-corrected chi connectivity index (χ2v) is 3.87. The molecule has 84 valence electrons. The Labute approximate surface area is 100 Å². The lowest BCUT2D eigenvalue weighted by molar-refractivity contribution is 0.111. The van der Waals surface area contributed by atoms with E-state index in [1.807, 2.05) is 25.1 Å². The molecule has 0 unspecified atom stereocenters. The van der Waals surface area contributed by atoms with Crippen LogP contribution in [0, 0.1) is 6.92 Å². The number of aryl methyl sites for hydroxylation is 1. The van der Waals surface area contributed by atoms with E-state index in [4.69, 9.17) is 32.7 Å². The van der Waals surface area contributed by atoms with Gasteiger partial charge in [0.2, 0.25) is 0 Å². The van der Waals surface area contributed by atoms with Gasteiger partial charge in [-0.25, -0.2) is 0 Å². The minimum absolute atomic E-state index is 0.486. The normalized spacial score (nSPS) is 10.3. The summed E-state index contributed by atoms with van der Waals surface area (Å²) in [7, 11) is 0. The molecule has 0 saturated heterocycles. The smallest absolute Gasteiger partial charge is 0.138 e. The van der Waals surface area contributed by atoms with Crippen molar-refractivity contribution in [1.29, 1.82) is 0 Å². The molecule has 0 aliphatic heterocycles. The van der Waals surface area contributed by atoms with Gasteiger partial charge in [0.1, 0.15) is 12.4 Å². The third-order valence-electron chi connectivity index (χ3n) is 1.79. The first-order chi connectivity index (χ1) is 7.24. The maximum atomic E-state index is 5.98. The minimum atomic E-state index is 0.486. The van der Waals surface area contributed by atoms with Crippen molar-refractivity contribution < 1.29 is 9.47 Å². The molecule has 0 saturated carbocycles. The van der Waals surface area contributed by atoms with Crippen molar-refractivity contribution in [2.75, 3.05) is 25.7 Å².